The summed E-state index contributed by atoms with van der Waals surface area (Å²) in [6.07, 6.45) is -5.18. The summed E-state index contributed by atoms with van der Waals surface area (Å²) >= 11 is 0. The fourth-order valence-electron chi connectivity index (χ4n) is 7.25. The third-order valence-electron chi connectivity index (χ3n) is 10.5. The highest BCUT2D eigenvalue weighted by Gasteiger charge is 2.44. The van der Waals surface area contributed by atoms with Crippen LogP contribution in [-0.2, 0) is 36.8 Å². The molecule has 3 heterocycles. The SMILES string of the molecule is CCN(CC)c1ccc2c(-c3ccccc3C(=O)OCCOCCOCCn3cc(CO[C@H]4O[C@H](CO)[C@@H](O)[C@H](O)[C@H]4O)nn3)c3ccc(=[N+](CC)CC)cc-3oc2c1. The quantitative estimate of drug-likeness (QED) is 0.0388. The van der Waals surface area contributed by atoms with Crippen molar-refractivity contribution in [2.45, 2.75) is 71.6 Å². The number of anilines is 1. The minimum absolute atomic E-state index is 0.0617. The lowest BCUT2D eigenvalue weighted by Gasteiger charge is -2.39. The number of carbonyl (C=O) groups excluding carboxylic acids is 1. The first kappa shape index (κ1) is 43.8. The van der Waals surface area contributed by atoms with Gasteiger partial charge in [0, 0.05) is 47.4 Å². The summed E-state index contributed by atoms with van der Waals surface area (Å²) in [6.45, 7) is 12.9. The van der Waals surface area contributed by atoms with Crippen LogP contribution in [-0.4, -0.2) is 138 Å². The number of nitrogens with zero attached hydrogens (tertiary/aromatic N) is 5. The number of benzene rings is 3. The molecule has 0 radical (unpaired) electrons. The van der Waals surface area contributed by atoms with Crippen molar-refractivity contribution in [1.29, 1.82) is 0 Å². The second kappa shape index (κ2) is 21.0. The van der Waals surface area contributed by atoms with Gasteiger partial charge in [0.15, 0.2) is 6.29 Å². The van der Waals surface area contributed by atoms with E-state index in [0.717, 1.165) is 70.6 Å². The standard InChI is InChI=1S/C43H56N5O11/c1-5-46(6-2)29-13-15-33-35(23-29)58-36-24-30(47(7-3)8-4)14-16-34(36)38(33)31-11-9-10-12-32(31)42(53)56-22-21-55-20-19-54-18-17-48-25-28(44-45-48)27-57-43-41(52)40(51)39(50)37(26-49)59-43/h9-16,23-25,37,39-41,43,49-52H,5-8,17-22,26-27H2,1-4H3/q+1/t37-,39-,40+,41-,43+/m1/s1. The van der Waals surface area contributed by atoms with Gasteiger partial charge < -0.3 is 53.4 Å². The van der Waals surface area contributed by atoms with Crippen molar-refractivity contribution < 1.29 is 53.3 Å². The Bertz CT molecular complexity index is 2160. The summed E-state index contributed by atoms with van der Waals surface area (Å²) < 4.78 is 38.4. The lowest BCUT2D eigenvalue weighted by molar-refractivity contribution is -0.304. The van der Waals surface area contributed by atoms with E-state index in [-0.39, 0.29) is 19.8 Å². The number of rotatable bonds is 20. The summed E-state index contributed by atoms with van der Waals surface area (Å²) in [4.78, 5) is 15.9. The highest BCUT2D eigenvalue weighted by Crippen LogP contribution is 2.42. The topological polar surface area (TPSA) is 194 Å². The summed E-state index contributed by atoms with van der Waals surface area (Å²) in [6, 6.07) is 20.0. The minimum Gasteiger partial charge on any atom is -0.460 e. The predicted molar refractivity (Wildman–Crippen MR) is 219 cm³/mol. The molecule has 0 amide bonds. The number of fused-ring (bicyclic) bond motifs is 2. The molecular weight excluding hydrogens is 762 g/mol. The Hall–Kier alpha value is -4.78. The number of aromatic nitrogens is 3. The molecule has 6 rings (SSSR count). The van der Waals surface area contributed by atoms with E-state index in [1.54, 1.807) is 16.9 Å². The van der Waals surface area contributed by atoms with Gasteiger partial charge in [-0.3, -0.25) is 0 Å². The van der Waals surface area contributed by atoms with E-state index in [4.69, 9.17) is 28.1 Å². The number of aliphatic hydroxyl groups is 4. The van der Waals surface area contributed by atoms with Gasteiger partial charge >= 0.3 is 5.97 Å². The van der Waals surface area contributed by atoms with Crippen LogP contribution < -0.4 is 14.8 Å². The van der Waals surface area contributed by atoms with Gasteiger partial charge in [0.1, 0.15) is 61.1 Å². The van der Waals surface area contributed by atoms with Crippen LogP contribution in [0.2, 0.25) is 0 Å². The Morgan fingerprint density at radius 3 is 2.36 bits per heavy atom. The zero-order valence-electron chi connectivity index (χ0n) is 34.1. The van der Waals surface area contributed by atoms with Crippen molar-refractivity contribution in [3.05, 3.63) is 83.5 Å². The van der Waals surface area contributed by atoms with Gasteiger partial charge in [-0.05, 0) is 57.5 Å². The van der Waals surface area contributed by atoms with Crippen molar-refractivity contribution in [3.63, 3.8) is 0 Å². The molecular formula is C43H56N5O11+. The second-order valence-corrected chi connectivity index (χ2v) is 14.1. The zero-order chi connectivity index (χ0) is 41.9. The monoisotopic (exact) mass is 818 g/mol. The number of ether oxygens (including phenoxy) is 5. The molecule has 16 nitrogen and oxygen atoms in total. The van der Waals surface area contributed by atoms with Crippen molar-refractivity contribution in [1.82, 2.24) is 19.6 Å². The molecule has 3 aliphatic rings. The van der Waals surface area contributed by atoms with Crippen molar-refractivity contribution >= 4 is 22.6 Å². The van der Waals surface area contributed by atoms with Crippen LogP contribution in [0.3, 0.4) is 0 Å². The first-order valence-electron chi connectivity index (χ1n) is 20.3. The van der Waals surface area contributed by atoms with Gasteiger partial charge in [0.05, 0.1) is 64.0 Å². The number of aliphatic hydroxyl groups excluding tert-OH is 4. The molecule has 0 saturated carbocycles. The number of hydrogen-bond acceptors (Lipinski definition) is 14. The Labute approximate surface area is 343 Å². The van der Waals surface area contributed by atoms with Crippen LogP contribution in [0.15, 0.2) is 71.3 Å². The van der Waals surface area contributed by atoms with Crippen LogP contribution >= 0.6 is 0 Å². The molecule has 0 bridgehead atoms. The predicted octanol–water partition coefficient (Wildman–Crippen LogP) is 2.66. The Balaban J connectivity index is 1.01. The molecule has 0 unspecified atom stereocenters. The van der Waals surface area contributed by atoms with E-state index in [1.165, 1.54) is 0 Å². The average molecular weight is 819 g/mol. The zero-order valence-corrected chi connectivity index (χ0v) is 34.1. The largest absolute Gasteiger partial charge is 0.460 e. The molecule has 1 aromatic heterocycles. The Morgan fingerprint density at radius 2 is 1.61 bits per heavy atom. The van der Waals surface area contributed by atoms with Gasteiger partial charge in [-0.25, -0.2) is 14.1 Å². The van der Waals surface area contributed by atoms with Crippen LogP contribution in [0.4, 0.5) is 5.69 Å². The number of esters is 1. The molecule has 5 atom stereocenters. The third kappa shape index (κ3) is 10.3. The molecule has 2 aliphatic heterocycles. The van der Waals surface area contributed by atoms with Gasteiger partial charge in [-0.2, -0.15) is 0 Å². The van der Waals surface area contributed by atoms with E-state index in [0.29, 0.717) is 37.6 Å². The smallest absolute Gasteiger partial charge is 0.338 e. The average Bonchev–Trinajstić information content (AvgIpc) is 3.72. The lowest BCUT2D eigenvalue weighted by atomic mass is 9.90. The fourth-order valence-corrected chi connectivity index (χ4v) is 7.25. The van der Waals surface area contributed by atoms with Crippen LogP contribution in [0, 0.1) is 0 Å². The maximum absolute atomic E-state index is 13.6. The van der Waals surface area contributed by atoms with Crippen LogP contribution in [0.1, 0.15) is 43.7 Å². The Morgan fingerprint density at radius 1 is 0.864 bits per heavy atom. The molecule has 2 aromatic carbocycles. The fraction of sp³-hybridized carbons (Fsp3) is 0.488. The molecule has 4 N–H and O–H groups in total. The maximum Gasteiger partial charge on any atom is 0.338 e. The molecule has 1 saturated heterocycles. The summed E-state index contributed by atoms with van der Waals surface area (Å²) in [5, 5.41) is 49.4. The molecule has 318 valence electrons. The Kier molecular flexibility index (Phi) is 15.6. The number of carbonyl (C=O) groups is 1. The summed E-state index contributed by atoms with van der Waals surface area (Å²) in [5.74, 6) is 0.283. The highest BCUT2D eigenvalue weighted by molar-refractivity contribution is 6.08. The van der Waals surface area contributed by atoms with Crippen molar-refractivity contribution in [2.24, 2.45) is 0 Å². The van der Waals surface area contributed by atoms with Crippen molar-refractivity contribution in [3.8, 4) is 22.5 Å². The first-order valence-corrected chi connectivity index (χ1v) is 20.3. The van der Waals surface area contributed by atoms with Crippen molar-refractivity contribution in [2.75, 3.05) is 70.7 Å². The van der Waals surface area contributed by atoms with E-state index < -0.39 is 43.3 Å². The maximum atomic E-state index is 13.6. The third-order valence-corrected chi connectivity index (χ3v) is 10.5. The summed E-state index contributed by atoms with van der Waals surface area (Å²) in [5.41, 5.74) is 5.25. The number of hydrogen-bond donors (Lipinski definition) is 4. The minimum atomic E-state index is -1.53. The van der Waals surface area contributed by atoms with Gasteiger partial charge in [0.2, 0.25) is 5.36 Å². The molecule has 16 heteroatoms. The van der Waals surface area contributed by atoms with E-state index in [9.17, 15) is 25.2 Å². The molecule has 1 aliphatic carbocycles. The lowest BCUT2D eigenvalue weighted by Crippen LogP contribution is -2.59. The van der Waals surface area contributed by atoms with Crippen LogP contribution in [0.5, 0.6) is 0 Å². The van der Waals surface area contributed by atoms with E-state index in [2.05, 4.69) is 83.9 Å². The van der Waals surface area contributed by atoms with Crippen LogP contribution in [0.25, 0.3) is 33.4 Å². The van der Waals surface area contributed by atoms with E-state index in [1.807, 2.05) is 18.2 Å². The first-order chi connectivity index (χ1) is 28.7. The molecule has 59 heavy (non-hydrogen) atoms. The highest BCUT2D eigenvalue weighted by atomic mass is 16.7. The van der Waals surface area contributed by atoms with Gasteiger partial charge in [-0.1, -0.05) is 23.4 Å². The van der Waals surface area contributed by atoms with Gasteiger partial charge in [-0.15, -0.1) is 5.10 Å². The molecule has 1 fully saturated rings. The van der Waals surface area contributed by atoms with E-state index >= 15 is 0 Å². The molecule has 0 spiro atoms. The summed E-state index contributed by atoms with van der Waals surface area (Å²) in [7, 11) is 0. The second-order valence-electron chi connectivity index (χ2n) is 14.1. The molecule has 3 aromatic rings. The van der Waals surface area contributed by atoms with Gasteiger partial charge in [0.25, 0.3) is 0 Å². The normalized spacial score (nSPS) is 19.4.